The molecule has 2 aromatic rings. The second kappa shape index (κ2) is 6.29. The lowest BCUT2D eigenvalue weighted by atomic mass is 10.1. The first-order valence-electron chi connectivity index (χ1n) is 8.67. The van der Waals surface area contributed by atoms with Crippen LogP contribution in [-0.2, 0) is 4.79 Å². The fourth-order valence-corrected chi connectivity index (χ4v) is 3.59. The molecule has 0 radical (unpaired) electrons. The molecule has 2 aliphatic rings. The van der Waals surface area contributed by atoms with Crippen molar-refractivity contribution >= 4 is 34.7 Å². The van der Waals surface area contributed by atoms with Gasteiger partial charge in [-0.3, -0.25) is 14.4 Å². The van der Waals surface area contributed by atoms with Gasteiger partial charge in [0.05, 0.1) is 11.4 Å². The van der Waals surface area contributed by atoms with Gasteiger partial charge >= 0.3 is 0 Å². The van der Waals surface area contributed by atoms with Crippen molar-refractivity contribution in [1.29, 1.82) is 0 Å². The number of carbonyl (C=O) groups excluding carboxylic acids is 3. The SMILES string of the molecule is CC(=O)c1cccc(NC(=O)c2ccc3c(c2)NC(=O)[C@H]2CCCN32)c1. The Labute approximate surface area is 151 Å². The van der Waals surface area contributed by atoms with Crippen LogP contribution in [0.5, 0.6) is 0 Å². The van der Waals surface area contributed by atoms with Crippen LogP contribution < -0.4 is 15.5 Å². The fourth-order valence-electron chi connectivity index (χ4n) is 3.59. The van der Waals surface area contributed by atoms with Gasteiger partial charge < -0.3 is 15.5 Å². The minimum absolute atomic E-state index is 0.0123. The lowest BCUT2D eigenvalue weighted by Gasteiger charge is -2.33. The van der Waals surface area contributed by atoms with Gasteiger partial charge in [0, 0.05) is 23.4 Å². The molecule has 0 saturated carbocycles. The molecule has 2 heterocycles. The van der Waals surface area contributed by atoms with Crippen molar-refractivity contribution in [2.45, 2.75) is 25.8 Å². The predicted molar refractivity (Wildman–Crippen MR) is 99.8 cm³/mol. The summed E-state index contributed by atoms with van der Waals surface area (Å²) in [5.41, 5.74) is 3.18. The summed E-state index contributed by atoms with van der Waals surface area (Å²) in [5, 5.41) is 5.71. The zero-order chi connectivity index (χ0) is 18.3. The third-order valence-corrected chi connectivity index (χ3v) is 4.91. The molecule has 1 saturated heterocycles. The van der Waals surface area contributed by atoms with Crippen LogP contribution in [0.15, 0.2) is 42.5 Å². The third-order valence-electron chi connectivity index (χ3n) is 4.91. The summed E-state index contributed by atoms with van der Waals surface area (Å²) < 4.78 is 0. The molecule has 0 unspecified atom stereocenters. The Morgan fingerprint density at radius 1 is 1.15 bits per heavy atom. The number of carbonyl (C=O) groups is 3. The molecule has 2 N–H and O–H groups in total. The van der Waals surface area contributed by atoms with E-state index in [1.54, 1.807) is 36.4 Å². The zero-order valence-corrected chi connectivity index (χ0v) is 14.4. The summed E-state index contributed by atoms with van der Waals surface area (Å²) >= 11 is 0. The molecule has 132 valence electrons. The van der Waals surface area contributed by atoms with Crippen LogP contribution in [0.4, 0.5) is 17.1 Å². The van der Waals surface area contributed by atoms with E-state index in [0.29, 0.717) is 22.5 Å². The minimum Gasteiger partial charge on any atom is -0.358 e. The lowest BCUT2D eigenvalue weighted by molar-refractivity contribution is -0.117. The van der Waals surface area contributed by atoms with E-state index in [0.717, 1.165) is 25.1 Å². The molecule has 1 fully saturated rings. The molecule has 4 rings (SSSR count). The van der Waals surface area contributed by atoms with Gasteiger partial charge in [0.15, 0.2) is 5.78 Å². The Hall–Kier alpha value is -3.15. The average Bonchev–Trinajstić information content (AvgIpc) is 3.12. The predicted octanol–water partition coefficient (Wildman–Crippen LogP) is 3.06. The van der Waals surface area contributed by atoms with Gasteiger partial charge in [0.25, 0.3) is 5.91 Å². The first-order valence-corrected chi connectivity index (χ1v) is 8.67. The zero-order valence-electron chi connectivity index (χ0n) is 14.4. The van der Waals surface area contributed by atoms with E-state index in [4.69, 9.17) is 0 Å². The standard InChI is InChI=1S/C20H19N3O3/c1-12(24)13-4-2-5-15(10-13)21-19(25)14-7-8-17-16(11-14)22-20(26)18-6-3-9-23(17)18/h2,4-5,7-8,10-11,18H,3,6,9H2,1H3,(H,21,25)(H,22,26)/t18-/m1/s1. The van der Waals surface area contributed by atoms with E-state index in [9.17, 15) is 14.4 Å². The maximum Gasteiger partial charge on any atom is 0.255 e. The number of amides is 2. The summed E-state index contributed by atoms with van der Waals surface area (Å²) in [5.74, 6) is -0.356. The van der Waals surface area contributed by atoms with E-state index >= 15 is 0 Å². The number of ketones is 1. The number of nitrogens with one attached hydrogen (secondary N) is 2. The summed E-state index contributed by atoms with van der Waals surface area (Å²) in [7, 11) is 0. The molecule has 1 atom stereocenters. The monoisotopic (exact) mass is 349 g/mol. The van der Waals surface area contributed by atoms with Crippen molar-refractivity contribution in [2.75, 3.05) is 22.1 Å². The highest BCUT2D eigenvalue weighted by molar-refractivity contribution is 6.09. The smallest absolute Gasteiger partial charge is 0.255 e. The first-order chi connectivity index (χ1) is 12.5. The summed E-state index contributed by atoms with van der Waals surface area (Å²) in [6, 6.07) is 12.1. The number of rotatable bonds is 3. The molecule has 2 aliphatic heterocycles. The van der Waals surface area contributed by atoms with Crippen LogP contribution in [0.2, 0.25) is 0 Å². The number of Topliss-reactive ketones (excluding diaryl/α,β-unsaturated/α-hetero) is 1. The van der Waals surface area contributed by atoms with Gasteiger partial charge in [-0.05, 0) is 50.1 Å². The number of hydrogen-bond acceptors (Lipinski definition) is 4. The Kier molecular flexibility index (Phi) is 3.95. The molecule has 0 aliphatic carbocycles. The van der Waals surface area contributed by atoms with Crippen molar-refractivity contribution in [3.63, 3.8) is 0 Å². The molecule has 2 amide bonds. The second-order valence-corrected chi connectivity index (χ2v) is 6.66. The van der Waals surface area contributed by atoms with Crippen LogP contribution in [0, 0.1) is 0 Å². The normalized spacial score (nSPS) is 18.0. The van der Waals surface area contributed by atoms with E-state index in [1.165, 1.54) is 6.92 Å². The molecule has 26 heavy (non-hydrogen) atoms. The van der Waals surface area contributed by atoms with E-state index in [-0.39, 0.29) is 23.6 Å². The Morgan fingerprint density at radius 3 is 2.81 bits per heavy atom. The fraction of sp³-hybridized carbons (Fsp3) is 0.250. The Bertz CT molecular complexity index is 922. The van der Waals surface area contributed by atoms with Crippen molar-refractivity contribution in [2.24, 2.45) is 0 Å². The number of benzene rings is 2. The van der Waals surface area contributed by atoms with E-state index < -0.39 is 0 Å². The summed E-state index contributed by atoms with van der Waals surface area (Å²) in [4.78, 5) is 38.4. The van der Waals surface area contributed by atoms with Crippen LogP contribution in [0.3, 0.4) is 0 Å². The molecule has 6 heteroatoms. The molecule has 0 aromatic heterocycles. The number of fused-ring (bicyclic) bond motifs is 3. The molecular weight excluding hydrogens is 330 g/mol. The molecule has 0 bridgehead atoms. The molecule has 0 spiro atoms. The Balaban J connectivity index is 1.58. The molecular formula is C20H19N3O3. The highest BCUT2D eigenvalue weighted by atomic mass is 16.2. The lowest BCUT2D eigenvalue weighted by Crippen LogP contribution is -2.43. The van der Waals surface area contributed by atoms with Gasteiger partial charge in [-0.15, -0.1) is 0 Å². The van der Waals surface area contributed by atoms with E-state index in [2.05, 4.69) is 15.5 Å². The van der Waals surface area contributed by atoms with Crippen LogP contribution in [-0.4, -0.2) is 30.2 Å². The number of nitrogens with zero attached hydrogens (tertiary/aromatic N) is 1. The minimum atomic E-state index is -0.286. The topological polar surface area (TPSA) is 78.5 Å². The highest BCUT2D eigenvalue weighted by Crippen LogP contribution is 2.37. The maximum atomic E-state index is 12.6. The van der Waals surface area contributed by atoms with Crippen LogP contribution >= 0.6 is 0 Å². The first kappa shape index (κ1) is 16.3. The van der Waals surface area contributed by atoms with Gasteiger partial charge in [0.1, 0.15) is 6.04 Å². The largest absolute Gasteiger partial charge is 0.358 e. The second-order valence-electron chi connectivity index (χ2n) is 6.66. The highest BCUT2D eigenvalue weighted by Gasteiger charge is 2.36. The van der Waals surface area contributed by atoms with Crippen LogP contribution in [0.25, 0.3) is 0 Å². The van der Waals surface area contributed by atoms with Crippen molar-refractivity contribution in [3.8, 4) is 0 Å². The summed E-state index contributed by atoms with van der Waals surface area (Å²) in [6.07, 6.45) is 1.85. The summed E-state index contributed by atoms with van der Waals surface area (Å²) in [6.45, 7) is 2.34. The number of anilines is 3. The maximum absolute atomic E-state index is 12.6. The van der Waals surface area contributed by atoms with Crippen molar-refractivity contribution in [1.82, 2.24) is 0 Å². The molecule has 6 nitrogen and oxygen atoms in total. The number of hydrogen-bond donors (Lipinski definition) is 2. The van der Waals surface area contributed by atoms with Crippen LogP contribution in [0.1, 0.15) is 40.5 Å². The van der Waals surface area contributed by atoms with Gasteiger partial charge in [-0.25, -0.2) is 0 Å². The Morgan fingerprint density at radius 2 is 2.00 bits per heavy atom. The van der Waals surface area contributed by atoms with Gasteiger partial charge in [-0.1, -0.05) is 12.1 Å². The average molecular weight is 349 g/mol. The molecule has 2 aromatic carbocycles. The quantitative estimate of drug-likeness (QED) is 0.835. The van der Waals surface area contributed by atoms with Crippen molar-refractivity contribution in [3.05, 3.63) is 53.6 Å². The van der Waals surface area contributed by atoms with Gasteiger partial charge in [-0.2, -0.15) is 0 Å². The third kappa shape index (κ3) is 2.83. The van der Waals surface area contributed by atoms with Gasteiger partial charge in [0.2, 0.25) is 5.91 Å². The van der Waals surface area contributed by atoms with Crippen molar-refractivity contribution < 1.29 is 14.4 Å². The van der Waals surface area contributed by atoms with E-state index in [1.807, 2.05) is 6.07 Å².